The third kappa shape index (κ3) is 2.83. The summed E-state index contributed by atoms with van der Waals surface area (Å²) < 4.78 is 6.62. The van der Waals surface area contributed by atoms with Crippen molar-refractivity contribution in [1.29, 1.82) is 0 Å². The largest absolute Gasteiger partial charge is 0.496 e. The molecule has 27 heavy (non-hydrogen) atoms. The second kappa shape index (κ2) is 6.51. The van der Waals surface area contributed by atoms with E-state index in [0.717, 1.165) is 12.8 Å². The Hall–Kier alpha value is -2.64. The molecule has 4 heterocycles. The average Bonchev–Trinajstić information content (AvgIpc) is 3.11. The van der Waals surface area contributed by atoms with Crippen molar-refractivity contribution in [2.75, 3.05) is 7.11 Å². The molecule has 0 saturated carbocycles. The van der Waals surface area contributed by atoms with Gasteiger partial charge in [0.2, 0.25) is 11.8 Å². The number of amides is 3. The van der Waals surface area contributed by atoms with E-state index in [1.165, 1.54) is 28.8 Å². The molecule has 2 atom stereocenters. The van der Waals surface area contributed by atoms with Crippen LogP contribution in [-0.4, -0.2) is 57.3 Å². The maximum atomic E-state index is 13.2. The van der Waals surface area contributed by atoms with Crippen LogP contribution in [-0.2, 0) is 16.6 Å². The summed E-state index contributed by atoms with van der Waals surface area (Å²) in [4.78, 5) is 52.5. The third-order valence-corrected chi connectivity index (χ3v) is 6.04. The molecule has 0 radical (unpaired) electrons. The lowest BCUT2D eigenvalue weighted by Gasteiger charge is -2.41. The second-order valence-electron chi connectivity index (χ2n) is 7.58. The van der Waals surface area contributed by atoms with Crippen LogP contribution in [0.2, 0.25) is 0 Å². The summed E-state index contributed by atoms with van der Waals surface area (Å²) in [7, 11) is 3.04. The summed E-state index contributed by atoms with van der Waals surface area (Å²) in [5.74, 6) is -0.0743. The number of aryl methyl sites for hydroxylation is 1. The van der Waals surface area contributed by atoms with Crippen LogP contribution in [0.25, 0.3) is 0 Å². The molecule has 3 saturated heterocycles. The fraction of sp³-hybridized carbons (Fsp3) is 0.579. The molecule has 0 aliphatic carbocycles. The van der Waals surface area contributed by atoms with E-state index in [1.54, 1.807) is 7.05 Å². The molecule has 2 unspecified atom stereocenters. The molecule has 0 aromatic carbocycles. The van der Waals surface area contributed by atoms with Gasteiger partial charge in [-0.1, -0.05) is 0 Å². The zero-order valence-electron chi connectivity index (χ0n) is 15.5. The van der Waals surface area contributed by atoms with E-state index in [2.05, 4.69) is 0 Å². The number of aromatic nitrogens is 1. The number of likely N-dealkylation sites (tertiary alicyclic amines) is 1. The number of hydrogen-bond acceptors (Lipinski definition) is 5. The van der Waals surface area contributed by atoms with Gasteiger partial charge in [-0.3, -0.25) is 24.1 Å². The highest BCUT2D eigenvalue weighted by molar-refractivity contribution is 6.02. The van der Waals surface area contributed by atoms with Gasteiger partial charge in [-0.05, 0) is 25.7 Å². The van der Waals surface area contributed by atoms with Gasteiger partial charge in [0.05, 0.1) is 12.7 Å². The third-order valence-electron chi connectivity index (χ3n) is 6.04. The number of pyridine rings is 1. The molecular formula is C19H23N3O5. The molecule has 3 aliphatic heterocycles. The van der Waals surface area contributed by atoms with Gasteiger partial charge in [-0.2, -0.15) is 0 Å². The lowest BCUT2D eigenvalue weighted by molar-refractivity contribution is -0.142. The van der Waals surface area contributed by atoms with E-state index in [0.29, 0.717) is 31.2 Å². The molecule has 3 amide bonds. The van der Waals surface area contributed by atoms with Crippen molar-refractivity contribution in [2.24, 2.45) is 7.05 Å². The van der Waals surface area contributed by atoms with Crippen LogP contribution in [0.5, 0.6) is 5.75 Å². The molecule has 0 N–H and O–H groups in total. The van der Waals surface area contributed by atoms with Crippen LogP contribution < -0.4 is 10.3 Å². The van der Waals surface area contributed by atoms with Crippen molar-refractivity contribution in [3.63, 3.8) is 0 Å². The van der Waals surface area contributed by atoms with E-state index in [4.69, 9.17) is 4.74 Å². The van der Waals surface area contributed by atoms with E-state index >= 15 is 0 Å². The molecule has 1 aromatic heterocycles. The number of nitrogens with zero attached hydrogens (tertiary/aromatic N) is 3. The lowest BCUT2D eigenvalue weighted by Crippen LogP contribution is -2.53. The minimum Gasteiger partial charge on any atom is -0.496 e. The van der Waals surface area contributed by atoms with Crippen molar-refractivity contribution in [1.82, 2.24) is 14.4 Å². The first-order chi connectivity index (χ1) is 12.9. The zero-order valence-corrected chi connectivity index (χ0v) is 15.5. The Morgan fingerprint density at radius 2 is 1.63 bits per heavy atom. The van der Waals surface area contributed by atoms with E-state index in [-0.39, 0.29) is 47.2 Å². The average molecular weight is 373 g/mol. The summed E-state index contributed by atoms with van der Waals surface area (Å²) in [6.45, 7) is 0. The monoisotopic (exact) mass is 373 g/mol. The first kappa shape index (κ1) is 17.8. The first-order valence-electron chi connectivity index (χ1n) is 9.33. The molecule has 4 rings (SSSR count). The quantitative estimate of drug-likeness (QED) is 0.727. The Balaban J connectivity index is 1.59. The van der Waals surface area contributed by atoms with E-state index < -0.39 is 0 Å². The summed E-state index contributed by atoms with van der Waals surface area (Å²) in [6.07, 6.45) is 5.06. The van der Waals surface area contributed by atoms with Crippen LogP contribution in [0.1, 0.15) is 48.9 Å². The van der Waals surface area contributed by atoms with Gasteiger partial charge in [0.25, 0.3) is 11.5 Å². The Labute approximate surface area is 156 Å². The van der Waals surface area contributed by atoms with E-state index in [1.807, 2.05) is 4.90 Å². The molecule has 8 heteroatoms. The van der Waals surface area contributed by atoms with Crippen molar-refractivity contribution in [3.05, 3.63) is 28.2 Å². The van der Waals surface area contributed by atoms with Crippen molar-refractivity contribution >= 4 is 17.7 Å². The Bertz CT molecular complexity index is 847. The summed E-state index contributed by atoms with van der Waals surface area (Å²) in [5, 5.41) is 0. The molecule has 0 spiro atoms. The number of hydrogen-bond donors (Lipinski definition) is 0. The van der Waals surface area contributed by atoms with Gasteiger partial charge >= 0.3 is 0 Å². The van der Waals surface area contributed by atoms with Crippen LogP contribution in [0.15, 0.2) is 17.1 Å². The Morgan fingerprint density at radius 1 is 1.04 bits per heavy atom. The number of methoxy groups -OCH3 is 1. The Kier molecular flexibility index (Phi) is 4.28. The van der Waals surface area contributed by atoms with Crippen LogP contribution in [0.3, 0.4) is 0 Å². The standard InChI is InChI=1S/C19H23N3O5/c1-20-10-14(15(27-2)9-18(20)25)19(26)21-11-3-4-12(21)8-13(7-11)22-16(23)5-6-17(22)24/h9-13H,3-8H2,1-2H3. The van der Waals surface area contributed by atoms with Gasteiger partial charge in [-0.15, -0.1) is 0 Å². The van der Waals surface area contributed by atoms with Crippen LogP contribution in [0, 0.1) is 0 Å². The normalized spacial score (nSPS) is 27.4. The molecule has 1 aromatic rings. The van der Waals surface area contributed by atoms with Gasteiger partial charge in [0.1, 0.15) is 5.75 Å². The highest BCUT2D eigenvalue weighted by atomic mass is 16.5. The van der Waals surface area contributed by atoms with Crippen LogP contribution in [0.4, 0.5) is 0 Å². The number of piperidine rings is 1. The number of fused-ring (bicyclic) bond motifs is 2. The number of ether oxygens (including phenoxy) is 1. The SMILES string of the molecule is COc1cc(=O)n(C)cc1C(=O)N1C2CCC1CC(N1C(=O)CCC1=O)C2. The highest BCUT2D eigenvalue weighted by Crippen LogP contribution is 2.40. The summed E-state index contributed by atoms with van der Waals surface area (Å²) >= 11 is 0. The van der Waals surface area contributed by atoms with Crippen molar-refractivity contribution in [3.8, 4) is 5.75 Å². The van der Waals surface area contributed by atoms with E-state index in [9.17, 15) is 19.2 Å². The summed E-state index contributed by atoms with van der Waals surface area (Å²) in [6, 6.07) is 1.19. The number of imide groups is 1. The number of carbonyl (C=O) groups excluding carboxylic acids is 3. The molecular weight excluding hydrogens is 350 g/mol. The molecule has 3 fully saturated rings. The smallest absolute Gasteiger partial charge is 0.259 e. The van der Waals surface area contributed by atoms with Crippen molar-refractivity contribution in [2.45, 2.75) is 56.7 Å². The number of rotatable bonds is 3. The molecule has 2 bridgehead atoms. The topological polar surface area (TPSA) is 88.9 Å². The maximum Gasteiger partial charge on any atom is 0.259 e. The molecule has 144 valence electrons. The van der Waals surface area contributed by atoms with Gasteiger partial charge in [0, 0.05) is 50.3 Å². The zero-order chi connectivity index (χ0) is 19.3. The predicted molar refractivity (Wildman–Crippen MR) is 95.3 cm³/mol. The minimum absolute atomic E-state index is 0.00982. The second-order valence-corrected chi connectivity index (χ2v) is 7.58. The lowest BCUT2D eigenvalue weighted by atomic mass is 9.95. The summed E-state index contributed by atoms with van der Waals surface area (Å²) in [5.41, 5.74) is 0.124. The maximum absolute atomic E-state index is 13.2. The van der Waals surface area contributed by atoms with Crippen LogP contribution >= 0.6 is 0 Å². The predicted octanol–water partition coefficient (Wildman–Crippen LogP) is 0.678. The highest BCUT2D eigenvalue weighted by Gasteiger charge is 2.48. The molecule has 8 nitrogen and oxygen atoms in total. The van der Waals surface area contributed by atoms with Gasteiger partial charge in [-0.25, -0.2) is 0 Å². The van der Waals surface area contributed by atoms with Gasteiger partial charge in [0.15, 0.2) is 0 Å². The first-order valence-corrected chi connectivity index (χ1v) is 9.33. The molecule has 3 aliphatic rings. The van der Waals surface area contributed by atoms with Gasteiger partial charge < -0.3 is 14.2 Å². The fourth-order valence-electron chi connectivity index (χ4n) is 4.77. The minimum atomic E-state index is -0.240. The fourth-order valence-corrected chi connectivity index (χ4v) is 4.77. The van der Waals surface area contributed by atoms with Crippen molar-refractivity contribution < 1.29 is 19.1 Å². The Morgan fingerprint density at radius 3 is 2.19 bits per heavy atom. The number of carbonyl (C=O) groups is 3.